The minimum Gasteiger partial charge on any atom is -0.399 e. The molecule has 0 radical (unpaired) electrons. The van der Waals surface area contributed by atoms with Crippen LogP contribution in [0.5, 0.6) is 0 Å². The third kappa shape index (κ3) is 4.53. The molecule has 20 heavy (non-hydrogen) atoms. The van der Waals surface area contributed by atoms with Crippen LogP contribution in [-0.2, 0) is 11.2 Å². The third-order valence-electron chi connectivity index (χ3n) is 3.84. The van der Waals surface area contributed by atoms with Gasteiger partial charge in [-0.15, -0.1) is 0 Å². The van der Waals surface area contributed by atoms with Gasteiger partial charge >= 0.3 is 0 Å². The van der Waals surface area contributed by atoms with Crippen molar-refractivity contribution < 1.29 is 4.79 Å². The minimum absolute atomic E-state index is 0.115. The van der Waals surface area contributed by atoms with E-state index in [2.05, 4.69) is 17.1 Å². The van der Waals surface area contributed by atoms with Gasteiger partial charge in [0.05, 0.1) is 6.42 Å². The number of carbonyl (C=O) groups excluding carboxylic acids is 1. The molecule has 1 aromatic carbocycles. The Bertz CT molecular complexity index is 422. The molecule has 0 spiro atoms. The second-order valence-corrected chi connectivity index (χ2v) is 5.60. The predicted octanol–water partition coefficient (Wildman–Crippen LogP) is 1.80. The number of carbonyl (C=O) groups is 1. The second kappa shape index (κ2) is 7.29. The first-order valence-electron chi connectivity index (χ1n) is 7.53. The maximum absolute atomic E-state index is 12.0. The van der Waals surface area contributed by atoms with E-state index >= 15 is 0 Å². The molecular weight excluding hydrogens is 250 g/mol. The van der Waals surface area contributed by atoms with Gasteiger partial charge in [-0.3, -0.25) is 4.79 Å². The SMILES string of the molecule is CCCN1CCC(NC(=O)Cc2ccc(N)cc2)CC1. The highest BCUT2D eigenvalue weighted by atomic mass is 16.1. The molecule has 110 valence electrons. The van der Waals surface area contributed by atoms with Gasteiger partial charge in [0.15, 0.2) is 0 Å². The normalized spacial score (nSPS) is 17.1. The summed E-state index contributed by atoms with van der Waals surface area (Å²) in [6.07, 6.45) is 3.77. The molecule has 1 aliphatic heterocycles. The van der Waals surface area contributed by atoms with Gasteiger partial charge in [0, 0.05) is 24.8 Å². The lowest BCUT2D eigenvalue weighted by molar-refractivity contribution is -0.121. The van der Waals surface area contributed by atoms with Gasteiger partial charge < -0.3 is 16.0 Å². The summed E-state index contributed by atoms with van der Waals surface area (Å²) in [5.41, 5.74) is 7.39. The summed E-state index contributed by atoms with van der Waals surface area (Å²) >= 11 is 0. The van der Waals surface area contributed by atoms with Crippen molar-refractivity contribution in [3.05, 3.63) is 29.8 Å². The number of benzene rings is 1. The lowest BCUT2D eigenvalue weighted by Gasteiger charge is -2.32. The van der Waals surface area contributed by atoms with Crippen LogP contribution in [0.4, 0.5) is 5.69 Å². The second-order valence-electron chi connectivity index (χ2n) is 5.60. The van der Waals surface area contributed by atoms with E-state index in [0.717, 1.165) is 37.2 Å². The number of rotatable bonds is 5. The first-order valence-corrected chi connectivity index (χ1v) is 7.53. The number of piperidine rings is 1. The number of hydrogen-bond acceptors (Lipinski definition) is 3. The fraction of sp³-hybridized carbons (Fsp3) is 0.562. The van der Waals surface area contributed by atoms with Gasteiger partial charge in [-0.2, -0.15) is 0 Å². The zero-order valence-corrected chi connectivity index (χ0v) is 12.3. The molecule has 1 amide bonds. The van der Waals surface area contributed by atoms with Crippen molar-refractivity contribution >= 4 is 11.6 Å². The van der Waals surface area contributed by atoms with Crippen LogP contribution >= 0.6 is 0 Å². The average molecular weight is 275 g/mol. The summed E-state index contributed by atoms with van der Waals surface area (Å²) in [7, 11) is 0. The van der Waals surface area contributed by atoms with E-state index in [4.69, 9.17) is 5.73 Å². The average Bonchev–Trinajstić information content (AvgIpc) is 2.44. The smallest absolute Gasteiger partial charge is 0.224 e. The Morgan fingerprint density at radius 1 is 1.30 bits per heavy atom. The molecule has 1 fully saturated rings. The Labute approximate surface area is 121 Å². The fourth-order valence-electron chi connectivity index (χ4n) is 2.72. The quantitative estimate of drug-likeness (QED) is 0.806. The molecule has 0 saturated carbocycles. The number of nitrogens with one attached hydrogen (secondary N) is 1. The number of nitrogens with two attached hydrogens (primary N) is 1. The number of amides is 1. The monoisotopic (exact) mass is 275 g/mol. The number of nitrogens with zero attached hydrogens (tertiary/aromatic N) is 1. The Morgan fingerprint density at radius 2 is 1.95 bits per heavy atom. The number of anilines is 1. The summed E-state index contributed by atoms with van der Waals surface area (Å²) in [5, 5.41) is 3.15. The van der Waals surface area contributed by atoms with Gasteiger partial charge in [0.1, 0.15) is 0 Å². The number of likely N-dealkylation sites (tertiary alicyclic amines) is 1. The maximum atomic E-state index is 12.0. The molecule has 4 nitrogen and oxygen atoms in total. The molecule has 0 bridgehead atoms. The minimum atomic E-state index is 0.115. The van der Waals surface area contributed by atoms with Crippen LogP contribution in [-0.4, -0.2) is 36.5 Å². The molecule has 0 aromatic heterocycles. The van der Waals surface area contributed by atoms with Crippen molar-refractivity contribution in [3.8, 4) is 0 Å². The zero-order valence-electron chi connectivity index (χ0n) is 12.3. The van der Waals surface area contributed by atoms with Crippen LogP contribution in [0.3, 0.4) is 0 Å². The van der Waals surface area contributed by atoms with E-state index in [1.165, 1.54) is 13.0 Å². The molecular formula is C16H25N3O. The molecule has 4 heteroatoms. The summed E-state index contributed by atoms with van der Waals surface area (Å²) < 4.78 is 0. The van der Waals surface area contributed by atoms with Gasteiger partial charge in [0.2, 0.25) is 5.91 Å². The molecule has 1 saturated heterocycles. The Hall–Kier alpha value is -1.55. The molecule has 0 unspecified atom stereocenters. The third-order valence-corrected chi connectivity index (χ3v) is 3.84. The summed E-state index contributed by atoms with van der Waals surface area (Å²) in [6.45, 7) is 5.58. The highest BCUT2D eigenvalue weighted by molar-refractivity contribution is 5.79. The summed E-state index contributed by atoms with van der Waals surface area (Å²) in [4.78, 5) is 14.5. The van der Waals surface area contributed by atoms with Gasteiger partial charge in [-0.1, -0.05) is 19.1 Å². The van der Waals surface area contributed by atoms with Crippen molar-refractivity contribution in [2.45, 2.75) is 38.6 Å². The van der Waals surface area contributed by atoms with E-state index in [9.17, 15) is 4.79 Å². The molecule has 3 N–H and O–H groups in total. The Balaban J connectivity index is 1.74. The number of hydrogen-bond donors (Lipinski definition) is 2. The molecule has 0 aliphatic carbocycles. The van der Waals surface area contributed by atoms with E-state index < -0.39 is 0 Å². The predicted molar refractivity (Wildman–Crippen MR) is 82.5 cm³/mol. The van der Waals surface area contributed by atoms with E-state index in [0.29, 0.717) is 12.5 Å². The van der Waals surface area contributed by atoms with Gasteiger partial charge in [-0.25, -0.2) is 0 Å². The van der Waals surface area contributed by atoms with E-state index in [1.54, 1.807) is 0 Å². The topological polar surface area (TPSA) is 58.4 Å². The standard InChI is InChI=1S/C16H25N3O/c1-2-9-19-10-7-15(8-11-19)18-16(20)12-13-3-5-14(17)6-4-13/h3-6,15H,2,7-12,17H2,1H3,(H,18,20). The van der Waals surface area contributed by atoms with Gasteiger partial charge in [-0.05, 0) is 43.5 Å². The van der Waals surface area contributed by atoms with Crippen LogP contribution in [0.1, 0.15) is 31.7 Å². The summed E-state index contributed by atoms with van der Waals surface area (Å²) in [6, 6.07) is 7.85. The van der Waals surface area contributed by atoms with Crippen molar-refractivity contribution in [2.75, 3.05) is 25.4 Å². The van der Waals surface area contributed by atoms with Crippen LogP contribution in [0, 0.1) is 0 Å². The number of nitrogen functional groups attached to an aromatic ring is 1. The highest BCUT2D eigenvalue weighted by Gasteiger charge is 2.19. The van der Waals surface area contributed by atoms with Crippen molar-refractivity contribution in [2.24, 2.45) is 0 Å². The van der Waals surface area contributed by atoms with Crippen LogP contribution < -0.4 is 11.1 Å². The Morgan fingerprint density at radius 3 is 2.55 bits per heavy atom. The molecule has 1 aliphatic rings. The summed E-state index contributed by atoms with van der Waals surface area (Å²) in [5.74, 6) is 0.115. The molecule has 2 rings (SSSR count). The first-order chi connectivity index (χ1) is 9.67. The maximum Gasteiger partial charge on any atom is 0.224 e. The van der Waals surface area contributed by atoms with Crippen LogP contribution in [0.15, 0.2) is 24.3 Å². The molecule has 1 heterocycles. The molecule has 1 aromatic rings. The van der Waals surface area contributed by atoms with Gasteiger partial charge in [0.25, 0.3) is 0 Å². The van der Waals surface area contributed by atoms with Crippen molar-refractivity contribution in [1.82, 2.24) is 10.2 Å². The first kappa shape index (κ1) is 14.9. The lowest BCUT2D eigenvalue weighted by Crippen LogP contribution is -2.45. The van der Waals surface area contributed by atoms with Crippen LogP contribution in [0.25, 0.3) is 0 Å². The van der Waals surface area contributed by atoms with Crippen LogP contribution in [0.2, 0.25) is 0 Å². The lowest BCUT2D eigenvalue weighted by atomic mass is 10.0. The van der Waals surface area contributed by atoms with E-state index in [1.807, 2.05) is 24.3 Å². The highest BCUT2D eigenvalue weighted by Crippen LogP contribution is 2.11. The zero-order chi connectivity index (χ0) is 14.4. The Kier molecular flexibility index (Phi) is 5.41. The molecule has 0 atom stereocenters. The van der Waals surface area contributed by atoms with Crippen molar-refractivity contribution in [3.63, 3.8) is 0 Å². The van der Waals surface area contributed by atoms with E-state index in [-0.39, 0.29) is 5.91 Å². The fourth-order valence-corrected chi connectivity index (χ4v) is 2.72. The largest absolute Gasteiger partial charge is 0.399 e. The van der Waals surface area contributed by atoms with Crippen molar-refractivity contribution in [1.29, 1.82) is 0 Å².